The van der Waals surface area contributed by atoms with Gasteiger partial charge in [0.1, 0.15) is 25.0 Å². The van der Waals surface area contributed by atoms with Crippen LogP contribution < -0.4 is 21.3 Å². The molecule has 40 heavy (non-hydrogen) atoms. The third-order valence-corrected chi connectivity index (χ3v) is 7.84. The van der Waals surface area contributed by atoms with Crippen LogP contribution in [-0.4, -0.2) is 54.8 Å². The first-order chi connectivity index (χ1) is 19.2. The Morgan fingerprint density at radius 1 is 1.05 bits per heavy atom. The molecular formula is C29H41ClN4O6. The van der Waals surface area contributed by atoms with E-state index in [0.717, 1.165) is 32.1 Å². The number of ether oxygens (including phenoxy) is 1. The van der Waals surface area contributed by atoms with Gasteiger partial charge in [-0.1, -0.05) is 69.7 Å². The molecule has 3 rings (SSSR count). The second-order valence-corrected chi connectivity index (χ2v) is 11.6. The Labute approximate surface area is 240 Å². The highest BCUT2D eigenvalue weighted by Crippen LogP contribution is 2.27. The minimum absolute atomic E-state index is 0.0162. The van der Waals surface area contributed by atoms with Gasteiger partial charge >= 0.3 is 6.09 Å². The zero-order valence-corrected chi connectivity index (χ0v) is 24.0. The largest absolute Gasteiger partial charge is 0.445 e. The molecule has 1 aliphatic carbocycles. The minimum atomic E-state index is -0.947. The third kappa shape index (κ3) is 9.80. The maximum absolute atomic E-state index is 13.4. The third-order valence-electron chi connectivity index (χ3n) is 7.60. The Hall–Kier alpha value is -3.14. The van der Waals surface area contributed by atoms with Crippen molar-refractivity contribution >= 4 is 41.7 Å². The van der Waals surface area contributed by atoms with E-state index in [0.29, 0.717) is 36.3 Å². The van der Waals surface area contributed by atoms with Gasteiger partial charge in [-0.2, -0.15) is 0 Å². The molecule has 1 saturated heterocycles. The van der Waals surface area contributed by atoms with E-state index >= 15 is 0 Å². The lowest BCUT2D eigenvalue weighted by Crippen LogP contribution is -2.57. The minimum Gasteiger partial charge on any atom is -0.445 e. The molecule has 0 unspecified atom stereocenters. The Morgan fingerprint density at radius 3 is 2.42 bits per heavy atom. The van der Waals surface area contributed by atoms with E-state index in [1.54, 1.807) is 38.1 Å². The van der Waals surface area contributed by atoms with Gasteiger partial charge in [0.15, 0.2) is 0 Å². The van der Waals surface area contributed by atoms with E-state index in [4.69, 9.17) is 16.3 Å². The number of hydrogen-bond acceptors (Lipinski definition) is 6. The van der Waals surface area contributed by atoms with Gasteiger partial charge < -0.3 is 30.8 Å². The van der Waals surface area contributed by atoms with Gasteiger partial charge in [-0.15, -0.1) is 0 Å². The zero-order chi connectivity index (χ0) is 29.1. The van der Waals surface area contributed by atoms with Crippen LogP contribution >= 0.6 is 11.6 Å². The highest BCUT2D eigenvalue weighted by Gasteiger charge is 2.33. The number of carbonyl (C=O) groups excluding carboxylic acids is 5. The number of hydrogen-bond donors (Lipinski definition) is 4. The number of halogens is 1. The fourth-order valence-electron chi connectivity index (χ4n) is 5.34. The summed E-state index contributed by atoms with van der Waals surface area (Å²) >= 11 is 5.98. The monoisotopic (exact) mass is 576 g/mol. The Bertz CT molecular complexity index is 1050. The summed E-state index contributed by atoms with van der Waals surface area (Å²) in [6.07, 6.45) is 6.31. The van der Waals surface area contributed by atoms with Gasteiger partial charge in [-0.05, 0) is 48.8 Å². The van der Waals surface area contributed by atoms with Crippen LogP contribution in [0.1, 0.15) is 70.8 Å². The fourth-order valence-corrected chi connectivity index (χ4v) is 5.55. The SMILES string of the molecule is CC(C)[C@H](NC(=O)OCc1cccc(Cl)c1)C(=O)N[C@@H](CC1CCCCC1)C(=O)N[C@H](C=O)C[C@@H]1CCNC1=O. The molecule has 4 amide bonds. The van der Waals surface area contributed by atoms with Gasteiger partial charge in [0.25, 0.3) is 0 Å². The van der Waals surface area contributed by atoms with Crippen molar-refractivity contribution in [2.75, 3.05) is 6.54 Å². The lowest BCUT2D eigenvalue weighted by atomic mass is 9.84. The van der Waals surface area contributed by atoms with Crippen LogP contribution in [0.4, 0.5) is 4.79 Å². The van der Waals surface area contributed by atoms with Crippen LogP contribution in [0.3, 0.4) is 0 Å². The van der Waals surface area contributed by atoms with Crippen LogP contribution in [0.5, 0.6) is 0 Å². The Kier molecular flexibility index (Phi) is 12.2. The quantitative estimate of drug-likeness (QED) is 0.265. The molecule has 11 heteroatoms. The topological polar surface area (TPSA) is 143 Å². The van der Waals surface area contributed by atoms with Gasteiger partial charge in [-0.25, -0.2) is 4.79 Å². The molecule has 1 aromatic rings. The summed E-state index contributed by atoms with van der Waals surface area (Å²) in [4.78, 5) is 63.0. The predicted octanol–water partition coefficient (Wildman–Crippen LogP) is 3.26. The highest BCUT2D eigenvalue weighted by molar-refractivity contribution is 6.30. The van der Waals surface area contributed by atoms with Crippen molar-refractivity contribution in [1.82, 2.24) is 21.3 Å². The number of carbonyl (C=O) groups is 5. The van der Waals surface area contributed by atoms with Gasteiger partial charge in [-0.3, -0.25) is 14.4 Å². The van der Waals surface area contributed by atoms with Crippen molar-refractivity contribution in [2.45, 2.75) is 89.9 Å². The van der Waals surface area contributed by atoms with Crippen molar-refractivity contribution in [3.8, 4) is 0 Å². The van der Waals surface area contributed by atoms with E-state index in [1.165, 1.54) is 0 Å². The fraction of sp³-hybridized carbons (Fsp3) is 0.621. The molecule has 4 N–H and O–H groups in total. The van der Waals surface area contributed by atoms with Crippen LogP contribution in [0.2, 0.25) is 5.02 Å². The lowest BCUT2D eigenvalue weighted by Gasteiger charge is -2.29. The molecule has 1 saturated carbocycles. The van der Waals surface area contributed by atoms with Crippen LogP contribution in [-0.2, 0) is 30.5 Å². The highest BCUT2D eigenvalue weighted by atomic mass is 35.5. The van der Waals surface area contributed by atoms with E-state index in [2.05, 4.69) is 21.3 Å². The molecule has 4 atom stereocenters. The summed E-state index contributed by atoms with van der Waals surface area (Å²) in [7, 11) is 0. The molecule has 2 aliphatic rings. The van der Waals surface area contributed by atoms with Crippen molar-refractivity contribution in [1.29, 1.82) is 0 Å². The number of nitrogens with one attached hydrogen (secondary N) is 4. The maximum Gasteiger partial charge on any atom is 0.408 e. The average molecular weight is 577 g/mol. The van der Waals surface area contributed by atoms with E-state index in [1.807, 2.05) is 0 Å². The lowest BCUT2D eigenvalue weighted by molar-refractivity contribution is -0.132. The molecule has 0 bridgehead atoms. The van der Waals surface area contributed by atoms with E-state index in [-0.39, 0.29) is 36.7 Å². The summed E-state index contributed by atoms with van der Waals surface area (Å²) in [5, 5.41) is 11.4. The molecule has 1 aliphatic heterocycles. The predicted molar refractivity (Wildman–Crippen MR) is 150 cm³/mol. The summed E-state index contributed by atoms with van der Waals surface area (Å²) in [5.74, 6) is -1.48. The summed E-state index contributed by atoms with van der Waals surface area (Å²) in [6, 6.07) is 4.24. The molecular weight excluding hydrogens is 536 g/mol. The standard InChI is InChI=1S/C29H41ClN4O6/c1-18(2)25(34-29(39)40-17-20-9-6-10-22(30)13-20)28(38)33-24(14-19-7-4-3-5-8-19)27(37)32-23(16-35)15-21-11-12-31-26(21)36/h6,9-10,13,16,18-19,21,23-25H,3-5,7-8,11-12,14-15,17H2,1-2H3,(H,31,36)(H,32,37)(H,33,38)(H,34,39)/t21-,23-,24-,25-/m0/s1. The van der Waals surface area contributed by atoms with Crippen LogP contribution in [0.25, 0.3) is 0 Å². The first-order valence-electron chi connectivity index (χ1n) is 14.2. The zero-order valence-electron chi connectivity index (χ0n) is 23.2. The van der Waals surface area contributed by atoms with Crippen LogP contribution in [0, 0.1) is 17.8 Å². The van der Waals surface area contributed by atoms with E-state index < -0.39 is 36.0 Å². The molecule has 1 aromatic carbocycles. The molecule has 10 nitrogen and oxygen atoms in total. The molecule has 0 aromatic heterocycles. The van der Waals surface area contributed by atoms with Gasteiger partial charge in [0, 0.05) is 17.5 Å². The molecule has 0 spiro atoms. The van der Waals surface area contributed by atoms with Crippen LogP contribution in [0.15, 0.2) is 24.3 Å². The second kappa shape index (κ2) is 15.6. The van der Waals surface area contributed by atoms with Gasteiger partial charge in [0.2, 0.25) is 17.7 Å². The first-order valence-corrected chi connectivity index (χ1v) is 14.6. The van der Waals surface area contributed by atoms with Crippen molar-refractivity contribution in [3.05, 3.63) is 34.9 Å². The molecule has 2 fully saturated rings. The molecule has 0 radical (unpaired) electrons. The molecule has 1 heterocycles. The van der Waals surface area contributed by atoms with Crippen molar-refractivity contribution in [2.24, 2.45) is 17.8 Å². The molecule has 220 valence electrons. The second-order valence-electron chi connectivity index (χ2n) is 11.1. The summed E-state index contributed by atoms with van der Waals surface area (Å²) in [6.45, 7) is 4.10. The Balaban J connectivity index is 1.64. The Morgan fingerprint density at radius 2 is 1.80 bits per heavy atom. The van der Waals surface area contributed by atoms with Gasteiger partial charge in [0.05, 0.1) is 6.04 Å². The van der Waals surface area contributed by atoms with Crippen molar-refractivity contribution < 1.29 is 28.7 Å². The maximum atomic E-state index is 13.4. The number of benzene rings is 1. The number of alkyl carbamates (subject to hydrolysis) is 1. The number of amides is 4. The summed E-state index contributed by atoms with van der Waals surface area (Å²) < 4.78 is 5.29. The smallest absolute Gasteiger partial charge is 0.408 e. The average Bonchev–Trinajstić information content (AvgIpc) is 3.34. The van der Waals surface area contributed by atoms with E-state index in [9.17, 15) is 24.0 Å². The number of aldehydes is 1. The number of rotatable bonds is 13. The summed E-state index contributed by atoms with van der Waals surface area (Å²) in [5.41, 5.74) is 0.706. The normalized spacial score (nSPS) is 19.7. The van der Waals surface area contributed by atoms with Crippen molar-refractivity contribution in [3.63, 3.8) is 0 Å². The first kappa shape index (κ1) is 31.4.